The quantitative estimate of drug-likeness (QED) is 0.562. The lowest BCUT2D eigenvalue weighted by molar-refractivity contribution is -0.605. The molecule has 0 spiro atoms. The molecule has 3 N–H and O–H groups in total. The number of pyridine rings is 1. The summed E-state index contributed by atoms with van der Waals surface area (Å²) in [6.07, 6.45) is 4.60. The Bertz CT molecular complexity index is 756. The normalized spacial score (nSPS) is 16.1. The number of urea groups is 1. The zero-order valence-electron chi connectivity index (χ0n) is 14.1. The molecule has 1 atom stereocenters. The van der Waals surface area contributed by atoms with E-state index in [0.29, 0.717) is 28.2 Å². The molecule has 2 aromatic rings. The minimum Gasteiger partial charge on any atom is -0.619 e. The largest absolute Gasteiger partial charge is 0.619 e. The highest BCUT2D eigenvalue weighted by molar-refractivity contribution is 6.04. The molecule has 1 aliphatic heterocycles. The molecule has 1 fully saturated rings. The number of amides is 3. The second kappa shape index (κ2) is 8.30. The molecule has 0 bridgehead atoms. The van der Waals surface area contributed by atoms with Crippen molar-refractivity contribution in [1.82, 2.24) is 5.32 Å². The van der Waals surface area contributed by atoms with Crippen LogP contribution in [0.5, 0.6) is 0 Å². The molecule has 3 amide bonds. The predicted octanol–water partition coefficient (Wildman–Crippen LogP) is 1.87. The summed E-state index contributed by atoms with van der Waals surface area (Å²) in [6.45, 7) is 1.24. The molecule has 1 aliphatic rings. The van der Waals surface area contributed by atoms with Crippen LogP contribution in [0.2, 0.25) is 0 Å². The lowest BCUT2D eigenvalue weighted by Crippen LogP contribution is -2.35. The zero-order valence-corrected chi connectivity index (χ0v) is 14.1. The molecule has 1 aromatic carbocycles. The number of carbonyl (C=O) groups excluding carboxylic acids is 2. The smallest absolute Gasteiger partial charge is 0.319 e. The lowest BCUT2D eigenvalue weighted by Gasteiger charge is -2.12. The van der Waals surface area contributed by atoms with E-state index < -0.39 is 0 Å². The van der Waals surface area contributed by atoms with Gasteiger partial charge >= 0.3 is 6.03 Å². The first-order valence-electron chi connectivity index (χ1n) is 8.37. The number of ether oxygens (including phenoxy) is 1. The number of carbonyl (C=O) groups is 2. The van der Waals surface area contributed by atoms with Crippen LogP contribution >= 0.6 is 0 Å². The van der Waals surface area contributed by atoms with E-state index in [1.165, 1.54) is 24.5 Å². The Morgan fingerprint density at radius 1 is 1.08 bits per heavy atom. The number of hydrogen-bond donors (Lipinski definition) is 3. The maximum absolute atomic E-state index is 12.1. The average molecular weight is 356 g/mol. The Morgan fingerprint density at radius 2 is 1.73 bits per heavy atom. The summed E-state index contributed by atoms with van der Waals surface area (Å²) < 4.78 is 6.06. The minimum atomic E-state index is -0.319. The summed E-state index contributed by atoms with van der Waals surface area (Å²) in [5, 5.41) is 19.2. The number of anilines is 2. The van der Waals surface area contributed by atoms with Gasteiger partial charge in [0.25, 0.3) is 5.91 Å². The highest BCUT2D eigenvalue weighted by Gasteiger charge is 2.16. The van der Waals surface area contributed by atoms with Crippen molar-refractivity contribution >= 4 is 23.3 Å². The van der Waals surface area contributed by atoms with Gasteiger partial charge in [0.1, 0.15) is 0 Å². The van der Waals surface area contributed by atoms with Crippen LogP contribution in [-0.4, -0.2) is 31.2 Å². The van der Waals surface area contributed by atoms with Crippen LogP contribution in [0.4, 0.5) is 16.2 Å². The fourth-order valence-corrected chi connectivity index (χ4v) is 2.59. The Hall–Kier alpha value is -3.13. The van der Waals surface area contributed by atoms with E-state index in [-0.39, 0.29) is 18.0 Å². The van der Waals surface area contributed by atoms with Crippen molar-refractivity contribution in [3.8, 4) is 0 Å². The molecule has 0 saturated carbocycles. The van der Waals surface area contributed by atoms with Gasteiger partial charge in [0.05, 0.1) is 11.7 Å². The summed E-state index contributed by atoms with van der Waals surface area (Å²) in [5.41, 5.74) is 1.58. The zero-order chi connectivity index (χ0) is 18.4. The fraction of sp³-hybridized carbons (Fsp3) is 0.278. The van der Waals surface area contributed by atoms with Gasteiger partial charge < -0.3 is 25.9 Å². The van der Waals surface area contributed by atoms with E-state index in [1.807, 2.05) is 0 Å². The maximum atomic E-state index is 12.1. The second-order valence-corrected chi connectivity index (χ2v) is 5.95. The van der Waals surface area contributed by atoms with Crippen LogP contribution in [0.1, 0.15) is 23.2 Å². The first kappa shape index (κ1) is 17.7. The van der Waals surface area contributed by atoms with Crippen molar-refractivity contribution in [3.05, 3.63) is 59.6 Å². The third kappa shape index (κ3) is 4.93. The SMILES string of the molecule is O=C(NCC1CCCO1)Nc1ccc(NC(=O)c2cc[n+]([O-])cc2)cc1. The molecule has 1 aromatic heterocycles. The molecule has 136 valence electrons. The Morgan fingerprint density at radius 3 is 2.35 bits per heavy atom. The molecule has 3 rings (SSSR count). The minimum absolute atomic E-state index is 0.0902. The van der Waals surface area contributed by atoms with Crippen LogP contribution in [0, 0.1) is 5.21 Å². The number of nitrogens with zero attached hydrogens (tertiary/aromatic N) is 1. The molecular weight excluding hydrogens is 336 g/mol. The van der Waals surface area contributed by atoms with Crippen LogP contribution in [0.15, 0.2) is 48.8 Å². The molecule has 0 aliphatic carbocycles. The molecular formula is C18H20N4O4. The van der Waals surface area contributed by atoms with Crippen LogP contribution in [-0.2, 0) is 4.74 Å². The summed E-state index contributed by atoms with van der Waals surface area (Å²) in [7, 11) is 0. The monoisotopic (exact) mass is 356 g/mol. The highest BCUT2D eigenvalue weighted by atomic mass is 16.5. The molecule has 8 nitrogen and oxygen atoms in total. The van der Waals surface area contributed by atoms with Crippen LogP contribution in [0.25, 0.3) is 0 Å². The summed E-state index contributed by atoms with van der Waals surface area (Å²) >= 11 is 0. The third-order valence-corrected chi connectivity index (χ3v) is 3.98. The average Bonchev–Trinajstić information content (AvgIpc) is 3.16. The number of nitrogens with one attached hydrogen (secondary N) is 3. The Labute approximate surface area is 150 Å². The van der Waals surface area contributed by atoms with Gasteiger partial charge in [-0.3, -0.25) is 4.79 Å². The van der Waals surface area contributed by atoms with Gasteiger partial charge in [0.15, 0.2) is 12.4 Å². The second-order valence-electron chi connectivity index (χ2n) is 5.95. The molecule has 0 radical (unpaired) electrons. The lowest BCUT2D eigenvalue weighted by atomic mass is 10.2. The van der Waals surface area contributed by atoms with E-state index in [9.17, 15) is 14.8 Å². The van der Waals surface area contributed by atoms with Gasteiger partial charge in [-0.15, -0.1) is 0 Å². The highest BCUT2D eigenvalue weighted by Crippen LogP contribution is 2.15. The third-order valence-electron chi connectivity index (χ3n) is 3.98. The molecule has 26 heavy (non-hydrogen) atoms. The first-order chi connectivity index (χ1) is 12.6. The molecule has 1 saturated heterocycles. The van der Waals surface area contributed by atoms with Gasteiger partial charge in [0.2, 0.25) is 0 Å². The van der Waals surface area contributed by atoms with Gasteiger partial charge in [-0.05, 0) is 37.1 Å². The fourth-order valence-electron chi connectivity index (χ4n) is 2.59. The van der Waals surface area contributed by atoms with Crippen molar-refractivity contribution in [2.45, 2.75) is 18.9 Å². The number of aromatic nitrogens is 1. The topological polar surface area (TPSA) is 106 Å². The van der Waals surface area contributed by atoms with E-state index in [2.05, 4.69) is 16.0 Å². The van der Waals surface area contributed by atoms with E-state index in [1.54, 1.807) is 24.3 Å². The van der Waals surface area contributed by atoms with Crippen molar-refractivity contribution in [2.75, 3.05) is 23.8 Å². The number of benzene rings is 1. The Balaban J connectivity index is 1.48. The van der Waals surface area contributed by atoms with Crippen molar-refractivity contribution < 1.29 is 19.1 Å². The van der Waals surface area contributed by atoms with Crippen LogP contribution < -0.4 is 20.7 Å². The van der Waals surface area contributed by atoms with E-state index >= 15 is 0 Å². The Kier molecular flexibility index (Phi) is 5.65. The molecule has 1 unspecified atom stereocenters. The summed E-state index contributed by atoms with van der Waals surface area (Å²) in [5.74, 6) is -0.319. The first-order valence-corrected chi connectivity index (χ1v) is 8.37. The van der Waals surface area contributed by atoms with Crippen molar-refractivity contribution in [3.63, 3.8) is 0 Å². The predicted molar refractivity (Wildman–Crippen MR) is 95.8 cm³/mol. The van der Waals surface area contributed by atoms with Gasteiger partial charge in [0, 0.05) is 36.7 Å². The molecule has 8 heteroatoms. The van der Waals surface area contributed by atoms with E-state index in [0.717, 1.165) is 19.4 Å². The summed E-state index contributed by atoms with van der Waals surface area (Å²) in [6, 6.07) is 9.34. The van der Waals surface area contributed by atoms with Gasteiger partial charge in [-0.2, -0.15) is 4.73 Å². The van der Waals surface area contributed by atoms with Gasteiger partial charge in [-0.25, -0.2) is 4.79 Å². The molecule has 2 heterocycles. The van der Waals surface area contributed by atoms with Crippen molar-refractivity contribution in [2.24, 2.45) is 0 Å². The van der Waals surface area contributed by atoms with Crippen molar-refractivity contribution in [1.29, 1.82) is 0 Å². The standard InChI is InChI=1S/C18H20N4O4/c23-17(13-7-9-22(25)10-8-13)20-14-3-5-15(6-4-14)21-18(24)19-12-16-2-1-11-26-16/h3-10,16H,1-2,11-12H2,(H,20,23)(H2,19,21,24). The summed E-state index contributed by atoms with van der Waals surface area (Å²) in [4.78, 5) is 24.0. The van der Waals surface area contributed by atoms with Gasteiger partial charge in [-0.1, -0.05) is 0 Å². The van der Waals surface area contributed by atoms with E-state index in [4.69, 9.17) is 4.74 Å². The van der Waals surface area contributed by atoms with Crippen LogP contribution in [0.3, 0.4) is 0 Å². The number of hydrogen-bond acceptors (Lipinski definition) is 4. The maximum Gasteiger partial charge on any atom is 0.319 e. The number of rotatable bonds is 5.